The Hall–Kier alpha value is -2.79. The van der Waals surface area contributed by atoms with Crippen LogP contribution >= 0.6 is 12.4 Å². The molecule has 0 unspecified atom stereocenters. The maximum absolute atomic E-state index is 10.9. The Kier molecular flexibility index (Phi) is 5.98. The van der Waals surface area contributed by atoms with Crippen molar-refractivity contribution in [1.82, 2.24) is 0 Å². The number of ether oxygens (including phenoxy) is 1. The zero-order valence-corrected chi connectivity index (χ0v) is 13.6. The second kappa shape index (κ2) is 8.17. The maximum Gasteiger partial charge on any atom is 0.305 e. The molecule has 0 atom stereocenters. The minimum Gasteiger partial charge on any atom is -0.481 e. The Balaban J connectivity index is 0.00000208. The molecular weight excluding hydrogens is 328 g/mol. The minimum absolute atomic E-state index is 0. The third-order valence-corrected chi connectivity index (χ3v) is 3.38. The van der Waals surface area contributed by atoms with Crippen molar-refractivity contribution < 1.29 is 14.6 Å². The molecule has 0 bridgehead atoms. The highest BCUT2D eigenvalue weighted by atomic mass is 35.5. The normalized spacial score (nSPS) is 14.3. The molecule has 124 valence electrons. The second-order valence-corrected chi connectivity index (χ2v) is 4.98. The van der Waals surface area contributed by atoms with E-state index in [2.05, 4.69) is 4.99 Å². The largest absolute Gasteiger partial charge is 0.481 e. The number of carboxylic acids is 1. The van der Waals surface area contributed by atoms with Crippen LogP contribution in [0, 0.1) is 0 Å². The third kappa shape index (κ3) is 4.14. The molecule has 0 aliphatic carbocycles. The summed E-state index contributed by atoms with van der Waals surface area (Å²) in [7, 11) is 0. The summed E-state index contributed by atoms with van der Waals surface area (Å²) in [6, 6.07) is 17.1. The van der Waals surface area contributed by atoms with Crippen molar-refractivity contribution >= 4 is 36.0 Å². The smallest absolute Gasteiger partial charge is 0.305 e. The van der Waals surface area contributed by atoms with Gasteiger partial charge in [-0.05, 0) is 24.3 Å². The van der Waals surface area contributed by atoms with Gasteiger partial charge in [-0.3, -0.25) is 9.79 Å². The third-order valence-electron chi connectivity index (χ3n) is 3.38. The number of aliphatic carboxylic acids is 1. The lowest BCUT2D eigenvalue weighted by Crippen LogP contribution is -2.23. The molecule has 2 aromatic carbocycles. The summed E-state index contributed by atoms with van der Waals surface area (Å²) >= 11 is 0. The number of carboxylic acid groups (broad SMARTS) is 1. The first kappa shape index (κ1) is 17.6. The van der Waals surface area contributed by atoms with Gasteiger partial charge in [0.25, 0.3) is 0 Å². The summed E-state index contributed by atoms with van der Waals surface area (Å²) in [5.41, 5.74) is 1.71. The minimum atomic E-state index is -0.841. The molecule has 1 aliphatic rings. The molecule has 3 rings (SSSR count). The summed E-state index contributed by atoms with van der Waals surface area (Å²) in [5.74, 6) is 0.455. The number of hydrogen-bond donors (Lipinski definition) is 1. The van der Waals surface area contributed by atoms with Gasteiger partial charge in [-0.1, -0.05) is 30.3 Å². The number of benzene rings is 2. The maximum atomic E-state index is 10.9. The van der Waals surface area contributed by atoms with Crippen molar-refractivity contribution in [1.29, 1.82) is 0 Å². The van der Waals surface area contributed by atoms with Gasteiger partial charge in [0.2, 0.25) is 5.88 Å². The average Bonchev–Trinajstić information content (AvgIpc) is 2.91. The van der Waals surface area contributed by atoms with Crippen molar-refractivity contribution in [2.75, 3.05) is 11.4 Å². The van der Waals surface area contributed by atoms with Crippen molar-refractivity contribution in [3.05, 3.63) is 66.6 Å². The summed E-state index contributed by atoms with van der Waals surface area (Å²) in [6.45, 7) is 0.345. The number of anilines is 1. The van der Waals surface area contributed by atoms with E-state index in [0.717, 1.165) is 17.1 Å². The van der Waals surface area contributed by atoms with Gasteiger partial charge in [-0.25, -0.2) is 0 Å². The van der Waals surface area contributed by atoms with Crippen LogP contribution in [0.3, 0.4) is 0 Å². The molecule has 0 amide bonds. The van der Waals surface area contributed by atoms with Gasteiger partial charge in [0, 0.05) is 18.8 Å². The van der Waals surface area contributed by atoms with Crippen molar-refractivity contribution in [3.63, 3.8) is 0 Å². The fraction of sp³-hybridized carbons (Fsp3) is 0.111. The molecule has 1 heterocycles. The monoisotopic (exact) mass is 344 g/mol. The molecule has 1 aliphatic heterocycles. The topological polar surface area (TPSA) is 62.1 Å². The molecule has 0 aromatic heterocycles. The molecule has 6 heteroatoms. The van der Waals surface area contributed by atoms with Crippen LogP contribution in [0.5, 0.6) is 5.75 Å². The second-order valence-electron chi connectivity index (χ2n) is 4.98. The van der Waals surface area contributed by atoms with Crippen molar-refractivity contribution in [3.8, 4) is 5.75 Å². The van der Waals surface area contributed by atoms with Gasteiger partial charge in [-0.2, -0.15) is 0 Å². The van der Waals surface area contributed by atoms with E-state index in [0.29, 0.717) is 12.4 Å². The fourth-order valence-electron chi connectivity index (χ4n) is 2.32. The number of hydrogen-bond acceptors (Lipinski definition) is 4. The summed E-state index contributed by atoms with van der Waals surface area (Å²) < 4.78 is 5.79. The van der Waals surface area contributed by atoms with E-state index >= 15 is 0 Å². The lowest BCUT2D eigenvalue weighted by Gasteiger charge is -2.16. The summed E-state index contributed by atoms with van der Waals surface area (Å²) in [5, 5.41) is 8.92. The van der Waals surface area contributed by atoms with Crippen LogP contribution in [0.2, 0.25) is 0 Å². The first-order valence-corrected chi connectivity index (χ1v) is 7.29. The lowest BCUT2D eigenvalue weighted by molar-refractivity contribution is -0.136. The van der Waals surface area contributed by atoms with Crippen LogP contribution in [-0.2, 0) is 4.79 Å². The van der Waals surface area contributed by atoms with Gasteiger partial charge >= 0.3 is 5.97 Å². The molecule has 5 nitrogen and oxygen atoms in total. The number of nitrogens with zero attached hydrogens (tertiary/aromatic N) is 2. The Morgan fingerprint density at radius 2 is 1.83 bits per heavy atom. The number of allylic oxidation sites excluding steroid dienone is 1. The SMILES string of the molecule is Cl.O=C(O)CCN1/C(=C/C=Nc2ccccc2)Oc2ccccc21. The summed E-state index contributed by atoms with van der Waals surface area (Å²) in [4.78, 5) is 17.0. The van der Waals surface area contributed by atoms with Gasteiger partial charge in [-0.15, -0.1) is 12.4 Å². The Bertz CT molecular complexity index is 760. The van der Waals surface area contributed by atoms with E-state index < -0.39 is 5.97 Å². The lowest BCUT2D eigenvalue weighted by atomic mass is 10.2. The number of rotatable bonds is 5. The molecule has 0 spiro atoms. The average molecular weight is 345 g/mol. The van der Waals surface area contributed by atoms with E-state index in [9.17, 15) is 4.79 Å². The van der Waals surface area contributed by atoms with E-state index in [1.807, 2.05) is 59.5 Å². The van der Waals surface area contributed by atoms with E-state index in [4.69, 9.17) is 9.84 Å². The number of fused-ring (bicyclic) bond motifs is 1. The van der Waals surface area contributed by atoms with Gasteiger partial charge in [0.05, 0.1) is 17.8 Å². The van der Waals surface area contributed by atoms with E-state index in [1.165, 1.54) is 0 Å². The molecule has 0 fully saturated rings. The number of carbonyl (C=O) groups is 1. The first-order chi connectivity index (χ1) is 11.2. The van der Waals surface area contributed by atoms with Crippen LogP contribution in [0.15, 0.2) is 71.5 Å². The van der Waals surface area contributed by atoms with Gasteiger partial charge in [0.1, 0.15) is 0 Å². The van der Waals surface area contributed by atoms with Crippen LogP contribution in [0.1, 0.15) is 6.42 Å². The number of halogens is 1. The standard InChI is InChI=1S/C18H16N2O3.ClH/c21-18(22)11-13-20-15-8-4-5-9-16(15)23-17(20)10-12-19-14-6-2-1-3-7-14;/h1-10,12H,11,13H2,(H,21,22);1H/b17-10-,19-12?;. The van der Waals surface area contributed by atoms with Gasteiger partial charge < -0.3 is 14.7 Å². The van der Waals surface area contributed by atoms with Gasteiger partial charge in [0.15, 0.2) is 5.75 Å². The molecule has 0 saturated heterocycles. The quantitative estimate of drug-likeness (QED) is 0.832. The molecular formula is C18H17ClN2O3. The van der Waals surface area contributed by atoms with Crippen molar-refractivity contribution in [2.24, 2.45) is 4.99 Å². The predicted octanol–water partition coefficient (Wildman–Crippen LogP) is 4.03. The van der Waals surface area contributed by atoms with Crippen LogP contribution in [0.25, 0.3) is 0 Å². The highest BCUT2D eigenvalue weighted by Gasteiger charge is 2.25. The summed E-state index contributed by atoms with van der Waals surface area (Å²) in [6.07, 6.45) is 3.43. The molecule has 0 radical (unpaired) electrons. The Morgan fingerprint density at radius 1 is 1.12 bits per heavy atom. The molecule has 24 heavy (non-hydrogen) atoms. The van der Waals surface area contributed by atoms with E-state index in [-0.39, 0.29) is 18.8 Å². The Morgan fingerprint density at radius 3 is 2.58 bits per heavy atom. The molecule has 1 N–H and O–H groups in total. The first-order valence-electron chi connectivity index (χ1n) is 7.29. The molecule has 0 saturated carbocycles. The Labute approximate surface area is 146 Å². The zero-order chi connectivity index (χ0) is 16.1. The van der Waals surface area contributed by atoms with Crippen LogP contribution in [0.4, 0.5) is 11.4 Å². The van der Waals surface area contributed by atoms with Crippen LogP contribution < -0.4 is 9.64 Å². The highest BCUT2D eigenvalue weighted by molar-refractivity contribution is 5.85. The predicted molar refractivity (Wildman–Crippen MR) is 96.6 cm³/mol. The number of para-hydroxylation sites is 3. The van der Waals surface area contributed by atoms with Crippen LogP contribution in [-0.4, -0.2) is 23.8 Å². The fourth-order valence-corrected chi connectivity index (χ4v) is 2.32. The molecule has 2 aromatic rings. The zero-order valence-electron chi connectivity index (χ0n) is 12.8. The number of aliphatic imine (C=N–C) groups is 1. The van der Waals surface area contributed by atoms with Crippen molar-refractivity contribution in [2.45, 2.75) is 6.42 Å². The highest BCUT2D eigenvalue weighted by Crippen LogP contribution is 2.38. The van der Waals surface area contributed by atoms with E-state index in [1.54, 1.807) is 12.3 Å².